The summed E-state index contributed by atoms with van der Waals surface area (Å²) in [6, 6.07) is 12.1. The maximum Gasteiger partial charge on any atom is 0.273 e. The lowest BCUT2D eigenvalue weighted by Gasteiger charge is -2.08. The Hall–Kier alpha value is -3.22. The van der Waals surface area contributed by atoms with Gasteiger partial charge in [0, 0.05) is 17.3 Å². The van der Waals surface area contributed by atoms with Crippen LogP contribution in [0, 0.1) is 10.1 Å². The van der Waals surface area contributed by atoms with Crippen molar-refractivity contribution in [2.75, 3.05) is 11.9 Å². The number of nitro groups is 1. The van der Waals surface area contributed by atoms with Gasteiger partial charge in [0.2, 0.25) is 0 Å². The fourth-order valence-corrected chi connectivity index (χ4v) is 1.85. The van der Waals surface area contributed by atoms with Gasteiger partial charge in [0.05, 0.1) is 11.0 Å². The van der Waals surface area contributed by atoms with E-state index in [9.17, 15) is 19.7 Å². The quantitative estimate of drug-likeness (QED) is 0.502. The molecule has 2 rings (SSSR count). The zero-order valence-electron chi connectivity index (χ0n) is 12.3. The fraction of sp³-hybridized carbons (Fsp3) is 0.125. The van der Waals surface area contributed by atoms with Crippen LogP contribution in [0.25, 0.3) is 0 Å². The molecule has 0 saturated carbocycles. The second-order valence-electron chi connectivity index (χ2n) is 4.73. The molecule has 0 aliphatic carbocycles. The number of amides is 1. The van der Waals surface area contributed by atoms with Gasteiger partial charge < -0.3 is 10.1 Å². The highest BCUT2D eigenvalue weighted by Gasteiger charge is 2.09. The highest BCUT2D eigenvalue weighted by atomic mass is 16.6. The molecule has 23 heavy (non-hydrogen) atoms. The van der Waals surface area contributed by atoms with Crippen molar-refractivity contribution in [3.63, 3.8) is 0 Å². The summed E-state index contributed by atoms with van der Waals surface area (Å²) in [6.07, 6.45) is 0. The maximum atomic E-state index is 11.8. The van der Waals surface area contributed by atoms with Gasteiger partial charge >= 0.3 is 0 Å². The summed E-state index contributed by atoms with van der Waals surface area (Å²) in [6.45, 7) is 1.14. The van der Waals surface area contributed by atoms with Crippen molar-refractivity contribution >= 4 is 23.1 Å². The first-order valence-corrected chi connectivity index (χ1v) is 6.74. The minimum atomic E-state index is -0.541. The Kier molecular flexibility index (Phi) is 5.03. The minimum absolute atomic E-state index is 0.103. The van der Waals surface area contributed by atoms with Gasteiger partial charge in [-0.25, -0.2) is 0 Å². The first kappa shape index (κ1) is 16.2. The maximum absolute atomic E-state index is 11.8. The van der Waals surface area contributed by atoms with Gasteiger partial charge in [-0.2, -0.15) is 0 Å². The van der Waals surface area contributed by atoms with Crippen LogP contribution in [0.4, 0.5) is 11.4 Å². The fourth-order valence-electron chi connectivity index (χ4n) is 1.85. The first-order chi connectivity index (χ1) is 11.0. The molecule has 0 aromatic heterocycles. The molecule has 0 fully saturated rings. The van der Waals surface area contributed by atoms with E-state index >= 15 is 0 Å². The minimum Gasteiger partial charge on any atom is -0.484 e. The van der Waals surface area contributed by atoms with E-state index in [4.69, 9.17) is 4.74 Å². The van der Waals surface area contributed by atoms with Crippen molar-refractivity contribution in [2.45, 2.75) is 6.92 Å². The van der Waals surface area contributed by atoms with Gasteiger partial charge in [-0.1, -0.05) is 18.2 Å². The average Bonchev–Trinajstić information content (AvgIpc) is 2.53. The Labute approximate surface area is 132 Å². The number of carbonyl (C=O) groups excluding carboxylic acids is 2. The lowest BCUT2D eigenvalue weighted by atomic mass is 10.1. The van der Waals surface area contributed by atoms with E-state index in [0.29, 0.717) is 11.3 Å². The van der Waals surface area contributed by atoms with Crippen LogP contribution < -0.4 is 10.1 Å². The number of nitro benzene ring substituents is 1. The number of ether oxygens (including phenoxy) is 1. The second-order valence-corrected chi connectivity index (χ2v) is 4.73. The van der Waals surface area contributed by atoms with E-state index in [1.54, 1.807) is 24.3 Å². The van der Waals surface area contributed by atoms with E-state index in [2.05, 4.69) is 5.32 Å². The first-order valence-electron chi connectivity index (χ1n) is 6.74. The van der Waals surface area contributed by atoms with Crippen molar-refractivity contribution in [2.24, 2.45) is 0 Å². The van der Waals surface area contributed by atoms with Crippen LogP contribution >= 0.6 is 0 Å². The normalized spacial score (nSPS) is 9.96. The van der Waals surface area contributed by atoms with Crippen molar-refractivity contribution < 1.29 is 19.2 Å². The Morgan fingerprint density at radius 3 is 2.61 bits per heavy atom. The number of Topliss-reactive ketones (excluding diaryl/α,β-unsaturated/α-hetero) is 1. The Morgan fingerprint density at radius 2 is 1.91 bits per heavy atom. The summed E-state index contributed by atoms with van der Waals surface area (Å²) in [7, 11) is 0. The monoisotopic (exact) mass is 314 g/mol. The molecule has 1 amide bonds. The lowest BCUT2D eigenvalue weighted by molar-refractivity contribution is -0.384. The van der Waals surface area contributed by atoms with Crippen molar-refractivity contribution in [1.82, 2.24) is 0 Å². The molecule has 2 aromatic carbocycles. The van der Waals surface area contributed by atoms with Gasteiger partial charge in [0.1, 0.15) is 5.75 Å². The molecule has 118 valence electrons. The third kappa shape index (κ3) is 4.63. The standard InChI is InChI=1S/C16H14N2O5/c1-11(19)12-4-2-5-13(8-12)17-16(20)10-23-15-7-3-6-14(9-15)18(21)22/h2-9H,10H2,1H3,(H,17,20). The van der Waals surface area contributed by atoms with Crippen LogP contribution in [0.5, 0.6) is 5.75 Å². The van der Waals surface area contributed by atoms with Crippen molar-refractivity contribution in [3.8, 4) is 5.75 Å². The van der Waals surface area contributed by atoms with Gasteiger partial charge in [0.15, 0.2) is 12.4 Å². The SMILES string of the molecule is CC(=O)c1cccc(NC(=O)COc2cccc([N+](=O)[O-])c2)c1. The molecular weight excluding hydrogens is 300 g/mol. The molecule has 0 aliphatic rings. The molecule has 0 saturated heterocycles. The molecule has 0 bridgehead atoms. The molecule has 1 N–H and O–H groups in total. The number of nitrogens with one attached hydrogen (secondary N) is 1. The summed E-state index contributed by atoms with van der Waals surface area (Å²) >= 11 is 0. The third-order valence-electron chi connectivity index (χ3n) is 2.95. The Balaban J connectivity index is 1.95. The number of ketones is 1. The van der Waals surface area contributed by atoms with Crippen LogP contribution in [0.3, 0.4) is 0 Å². The smallest absolute Gasteiger partial charge is 0.273 e. The molecule has 0 unspecified atom stereocenters. The van der Waals surface area contributed by atoms with Crippen LogP contribution in [0.1, 0.15) is 17.3 Å². The van der Waals surface area contributed by atoms with Crippen molar-refractivity contribution in [3.05, 3.63) is 64.2 Å². The highest BCUT2D eigenvalue weighted by molar-refractivity contribution is 5.97. The zero-order chi connectivity index (χ0) is 16.8. The molecule has 0 atom stereocenters. The lowest BCUT2D eigenvalue weighted by Crippen LogP contribution is -2.20. The van der Waals surface area contributed by atoms with Gasteiger partial charge in [-0.3, -0.25) is 19.7 Å². The van der Waals surface area contributed by atoms with Crippen LogP contribution in [0.15, 0.2) is 48.5 Å². The summed E-state index contributed by atoms with van der Waals surface area (Å²) in [5.74, 6) is -0.307. The third-order valence-corrected chi connectivity index (χ3v) is 2.95. The number of non-ortho nitro benzene ring substituents is 1. The summed E-state index contributed by atoms with van der Waals surface area (Å²) in [5, 5.41) is 13.3. The number of carbonyl (C=O) groups is 2. The van der Waals surface area contributed by atoms with Gasteiger partial charge in [-0.05, 0) is 25.1 Å². The van der Waals surface area contributed by atoms with Crippen LogP contribution in [-0.4, -0.2) is 23.2 Å². The topological polar surface area (TPSA) is 98.5 Å². The van der Waals surface area contributed by atoms with E-state index < -0.39 is 10.8 Å². The number of anilines is 1. The number of benzene rings is 2. The van der Waals surface area contributed by atoms with E-state index in [0.717, 1.165) is 0 Å². The molecule has 0 aliphatic heterocycles. The summed E-state index contributed by atoms with van der Waals surface area (Å²) in [5.41, 5.74) is 0.852. The molecule has 0 radical (unpaired) electrons. The summed E-state index contributed by atoms with van der Waals surface area (Å²) < 4.78 is 5.23. The molecule has 7 heteroatoms. The molecular formula is C16H14N2O5. The van der Waals surface area contributed by atoms with E-state index in [-0.39, 0.29) is 23.8 Å². The van der Waals surface area contributed by atoms with Gasteiger partial charge in [0.25, 0.3) is 11.6 Å². The predicted molar refractivity (Wildman–Crippen MR) is 83.7 cm³/mol. The second kappa shape index (κ2) is 7.17. The highest BCUT2D eigenvalue weighted by Crippen LogP contribution is 2.19. The molecule has 0 heterocycles. The van der Waals surface area contributed by atoms with E-state index in [1.165, 1.54) is 31.2 Å². The zero-order valence-corrected chi connectivity index (χ0v) is 12.3. The number of hydrogen-bond donors (Lipinski definition) is 1. The predicted octanol–water partition coefficient (Wildman–Crippen LogP) is 2.81. The Morgan fingerprint density at radius 1 is 1.17 bits per heavy atom. The van der Waals surface area contributed by atoms with Crippen LogP contribution in [0.2, 0.25) is 0 Å². The molecule has 7 nitrogen and oxygen atoms in total. The largest absolute Gasteiger partial charge is 0.484 e. The van der Waals surface area contributed by atoms with Crippen LogP contribution in [-0.2, 0) is 4.79 Å². The van der Waals surface area contributed by atoms with Gasteiger partial charge in [-0.15, -0.1) is 0 Å². The van der Waals surface area contributed by atoms with Crippen molar-refractivity contribution in [1.29, 1.82) is 0 Å². The molecule has 0 spiro atoms. The number of hydrogen-bond acceptors (Lipinski definition) is 5. The summed E-state index contributed by atoms with van der Waals surface area (Å²) in [4.78, 5) is 33.2. The number of rotatable bonds is 6. The molecule has 2 aromatic rings. The van der Waals surface area contributed by atoms with E-state index in [1.807, 2.05) is 0 Å². The number of nitrogens with zero attached hydrogens (tertiary/aromatic N) is 1. The average molecular weight is 314 g/mol. The Bertz CT molecular complexity index is 758.